The van der Waals surface area contributed by atoms with Crippen LogP contribution in [0.1, 0.15) is 0 Å². The highest BCUT2D eigenvalue weighted by Crippen LogP contribution is 1.94. The van der Waals surface area contributed by atoms with Crippen LogP contribution in [0.5, 0.6) is 0 Å². The largest absolute Gasteiger partial charge is 0.480 e. The zero-order valence-corrected chi connectivity index (χ0v) is 8.23. The molecule has 0 atom stereocenters. The van der Waals surface area contributed by atoms with Crippen LogP contribution in [0.2, 0.25) is 0 Å². The molecule has 0 saturated heterocycles. The molecule has 0 aliphatic carbocycles. The standard InChI is InChI=1S/C10H13NO4/c1-3-4-5-8(2)7-15-10(14)11-6-9(12)13/h3-5H,1-2,6-7H2,(H,11,14)(H,12,13)/b5-4-. The first-order valence-corrected chi connectivity index (χ1v) is 4.15. The molecular weight excluding hydrogens is 198 g/mol. The average Bonchev–Trinajstić information content (AvgIpc) is 2.20. The van der Waals surface area contributed by atoms with Gasteiger partial charge in [0, 0.05) is 0 Å². The van der Waals surface area contributed by atoms with Crippen LogP contribution in [0.4, 0.5) is 4.79 Å². The fourth-order valence-corrected chi connectivity index (χ4v) is 0.609. The van der Waals surface area contributed by atoms with E-state index in [-0.39, 0.29) is 6.61 Å². The van der Waals surface area contributed by atoms with Crippen molar-refractivity contribution < 1.29 is 19.4 Å². The summed E-state index contributed by atoms with van der Waals surface area (Å²) in [4.78, 5) is 20.9. The molecule has 0 saturated carbocycles. The molecule has 0 unspecified atom stereocenters. The summed E-state index contributed by atoms with van der Waals surface area (Å²) in [6, 6.07) is 0. The monoisotopic (exact) mass is 211 g/mol. The van der Waals surface area contributed by atoms with Crippen LogP contribution in [-0.2, 0) is 9.53 Å². The minimum atomic E-state index is -1.13. The van der Waals surface area contributed by atoms with Gasteiger partial charge in [-0.1, -0.05) is 31.4 Å². The van der Waals surface area contributed by atoms with Crippen LogP contribution in [0, 0.1) is 0 Å². The molecule has 15 heavy (non-hydrogen) atoms. The summed E-state index contributed by atoms with van der Waals surface area (Å²) in [7, 11) is 0. The van der Waals surface area contributed by atoms with Gasteiger partial charge >= 0.3 is 12.1 Å². The lowest BCUT2D eigenvalue weighted by molar-refractivity contribution is -0.135. The summed E-state index contributed by atoms with van der Waals surface area (Å²) >= 11 is 0. The number of aliphatic carboxylic acids is 1. The van der Waals surface area contributed by atoms with Gasteiger partial charge in [0.2, 0.25) is 0 Å². The Labute approximate surface area is 87.7 Å². The SMILES string of the molecule is C=C/C=C\C(=C)COC(=O)NCC(=O)O. The van der Waals surface area contributed by atoms with E-state index in [1.165, 1.54) is 0 Å². The number of hydrogen-bond acceptors (Lipinski definition) is 3. The zero-order valence-electron chi connectivity index (χ0n) is 8.23. The lowest BCUT2D eigenvalue weighted by atomic mass is 10.3. The van der Waals surface area contributed by atoms with Crippen molar-refractivity contribution in [2.45, 2.75) is 0 Å². The summed E-state index contributed by atoms with van der Waals surface area (Å²) in [5, 5.41) is 10.3. The Hall–Kier alpha value is -2.04. The Morgan fingerprint density at radius 2 is 2.13 bits per heavy atom. The summed E-state index contributed by atoms with van der Waals surface area (Å²) in [6.45, 7) is 6.61. The number of amides is 1. The minimum Gasteiger partial charge on any atom is -0.480 e. The van der Waals surface area contributed by atoms with E-state index in [9.17, 15) is 9.59 Å². The topological polar surface area (TPSA) is 75.6 Å². The molecule has 0 spiro atoms. The third kappa shape index (κ3) is 8.29. The molecule has 5 heteroatoms. The van der Waals surface area contributed by atoms with E-state index in [2.05, 4.69) is 17.9 Å². The van der Waals surface area contributed by atoms with E-state index in [4.69, 9.17) is 5.11 Å². The van der Waals surface area contributed by atoms with E-state index < -0.39 is 18.6 Å². The Bertz CT molecular complexity index is 294. The molecule has 0 heterocycles. The van der Waals surface area contributed by atoms with Gasteiger partial charge in [-0.3, -0.25) is 4.79 Å². The van der Waals surface area contributed by atoms with Gasteiger partial charge in [-0.15, -0.1) is 0 Å². The molecule has 0 aromatic heterocycles. The van der Waals surface area contributed by atoms with Crippen LogP contribution >= 0.6 is 0 Å². The van der Waals surface area contributed by atoms with Gasteiger partial charge in [0.05, 0.1) is 0 Å². The van der Waals surface area contributed by atoms with Crippen molar-refractivity contribution in [3.63, 3.8) is 0 Å². The molecule has 0 aromatic carbocycles. The maximum atomic E-state index is 10.8. The minimum absolute atomic E-state index is 0.00971. The third-order valence-electron chi connectivity index (χ3n) is 1.24. The van der Waals surface area contributed by atoms with Crippen molar-refractivity contribution in [3.8, 4) is 0 Å². The summed E-state index contributed by atoms with van der Waals surface area (Å²) in [6.07, 6.45) is 4.07. The Kier molecular flexibility index (Phi) is 6.37. The molecule has 0 aliphatic rings. The molecule has 0 fully saturated rings. The zero-order chi connectivity index (χ0) is 11.7. The number of carbonyl (C=O) groups excluding carboxylic acids is 1. The number of allylic oxidation sites excluding steroid dienone is 2. The first-order valence-electron chi connectivity index (χ1n) is 4.15. The van der Waals surface area contributed by atoms with Crippen LogP contribution < -0.4 is 5.32 Å². The highest BCUT2D eigenvalue weighted by atomic mass is 16.5. The predicted octanol–water partition coefficient (Wildman–Crippen LogP) is 1.10. The van der Waals surface area contributed by atoms with Crippen LogP contribution in [0.15, 0.2) is 37.0 Å². The summed E-state index contributed by atoms with van der Waals surface area (Å²) < 4.78 is 4.65. The van der Waals surface area contributed by atoms with Crippen LogP contribution in [0.25, 0.3) is 0 Å². The molecule has 1 amide bonds. The van der Waals surface area contributed by atoms with Crippen molar-refractivity contribution >= 4 is 12.1 Å². The number of nitrogens with one attached hydrogen (secondary N) is 1. The Balaban J connectivity index is 3.71. The molecule has 0 radical (unpaired) electrons. The first kappa shape index (κ1) is 13.0. The number of rotatable bonds is 6. The lowest BCUT2D eigenvalue weighted by Gasteiger charge is -2.04. The van der Waals surface area contributed by atoms with E-state index >= 15 is 0 Å². The average molecular weight is 211 g/mol. The van der Waals surface area contributed by atoms with Gasteiger partial charge in [-0.25, -0.2) is 4.79 Å². The normalized spacial score (nSPS) is 9.60. The molecular formula is C10H13NO4. The molecule has 0 aromatic rings. The van der Waals surface area contributed by atoms with Crippen molar-refractivity contribution in [2.24, 2.45) is 0 Å². The van der Waals surface area contributed by atoms with E-state index in [1.807, 2.05) is 5.32 Å². The second kappa shape index (κ2) is 7.37. The number of carbonyl (C=O) groups is 2. The summed E-state index contributed by atoms with van der Waals surface area (Å²) in [5.74, 6) is -1.13. The fraction of sp³-hybridized carbons (Fsp3) is 0.200. The van der Waals surface area contributed by atoms with Crippen molar-refractivity contribution in [1.29, 1.82) is 0 Å². The maximum Gasteiger partial charge on any atom is 0.407 e. The van der Waals surface area contributed by atoms with E-state index in [1.54, 1.807) is 18.2 Å². The van der Waals surface area contributed by atoms with Gasteiger partial charge in [0.1, 0.15) is 13.2 Å². The lowest BCUT2D eigenvalue weighted by Crippen LogP contribution is -2.30. The molecule has 0 bridgehead atoms. The molecule has 5 nitrogen and oxygen atoms in total. The van der Waals surface area contributed by atoms with Crippen LogP contribution in [-0.4, -0.2) is 30.3 Å². The second-order valence-corrected chi connectivity index (χ2v) is 2.58. The van der Waals surface area contributed by atoms with Gasteiger partial charge in [0.15, 0.2) is 0 Å². The van der Waals surface area contributed by atoms with Crippen molar-refractivity contribution in [1.82, 2.24) is 5.32 Å². The molecule has 0 aliphatic heterocycles. The Morgan fingerprint density at radius 1 is 1.47 bits per heavy atom. The molecule has 2 N–H and O–H groups in total. The van der Waals surface area contributed by atoms with Gasteiger partial charge in [-0.05, 0) is 5.57 Å². The number of hydrogen-bond donors (Lipinski definition) is 2. The van der Waals surface area contributed by atoms with Gasteiger partial charge in [-0.2, -0.15) is 0 Å². The highest BCUT2D eigenvalue weighted by Gasteiger charge is 2.03. The Morgan fingerprint density at radius 3 is 2.67 bits per heavy atom. The second-order valence-electron chi connectivity index (χ2n) is 2.58. The fourth-order valence-electron chi connectivity index (χ4n) is 0.609. The quantitative estimate of drug-likeness (QED) is 0.645. The van der Waals surface area contributed by atoms with Crippen molar-refractivity contribution in [3.05, 3.63) is 37.0 Å². The smallest absolute Gasteiger partial charge is 0.407 e. The number of carboxylic acid groups (broad SMARTS) is 1. The van der Waals surface area contributed by atoms with Gasteiger partial charge in [0.25, 0.3) is 0 Å². The maximum absolute atomic E-state index is 10.8. The third-order valence-corrected chi connectivity index (χ3v) is 1.24. The predicted molar refractivity (Wildman–Crippen MR) is 55.5 cm³/mol. The van der Waals surface area contributed by atoms with Gasteiger partial charge < -0.3 is 15.2 Å². The molecule has 0 rings (SSSR count). The van der Waals surface area contributed by atoms with E-state index in [0.29, 0.717) is 5.57 Å². The van der Waals surface area contributed by atoms with E-state index in [0.717, 1.165) is 0 Å². The number of alkyl carbamates (subject to hydrolysis) is 1. The highest BCUT2D eigenvalue weighted by molar-refractivity contribution is 5.76. The number of carboxylic acids is 1. The first-order chi connectivity index (χ1) is 7.06. The number of ether oxygens (including phenoxy) is 1. The summed E-state index contributed by atoms with van der Waals surface area (Å²) in [5.41, 5.74) is 0.584. The van der Waals surface area contributed by atoms with Crippen molar-refractivity contribution in [2.75, 3.05) is 13.2 Å². The molecule has 82 valence electrons. The van der Waals surface area contributed by atoms with Crippen LogP contribution in [0.3, 0.4) is 0 Å².